The van der Waals surface area contributed by atoms with Crippen LogP contribution < -0.4 is 0 Å². The molecule has 2 nitrogen and oxygen atoms in total. The quantitative estimate of drug-likeness (QED) is 0.438. The molecule has 0 radical (unpaired) electrons. The van der Waals surface area contributed by atoms with Crippen molar-refractivity contribution in [3.8, 4) is 0 Å². The molecule has 0 saturated carbocycles. The van der Waals surface area contributed by atoms with Crippen LogP contribution in [0.25, 0.3) is 0 Å². The Morgan fingerprint density at radius 2 is 1.12 bits per heavy atom. The van der Waals surface area contributed by atoms with Crippen molar-refractivity contribution in [3.63, 3.8) is 0 Å². The molecule has 0 aromatic carbocycles. The van der Waals surface area contributed by atoms with Crippen molar-refractivity contribution in [2.75, 3.05) is 0 Å². The van der Waals surface area contributed by atoms with Crippen LogP contribution >= 0.6 is 21.3 Å². The maximum atomic E-state index is 12.2. The third-order valence-corrected chi connectivity index (χ3v) is 4.69. The second kappa shape index (κ2) is 5.52. The average molecular weight is 288 g/mol. The van der Waals surface area contributed by atoms with Crippen LogP contribution in [-0.4, -0.2) is 25.6 Å². The van der Waals surface area contributed by atoms with Crippen LogP contribution in [0.5, 0.6) is 0 Å². The minimum absolute atomic E-state index is 0.419. The molecule has 0 spiro atoms. The molecule has 2 unspecified atom stereocenters. The van der Waals surface area contributed by atoms with E-state index in [0.29, 0.717) is 10.7 Å². The van der Waals surface area contributed by atoms with Crippen molar-refractivity contribution < 1.29 is 26.3 Å². The average Bonchev–Trinajstić information content (AvgIpc) is 2.00. The van der Waals surface area contributed by atoms with Gasteiger partial charge >= 0.3 is 11.0 Å². The van der Waals surface area contributed by atoms with Crippen LogP contribution in [-0.2, 0) is 0 Å². The number of hydrogen-bond acceptors (Lipinski definition) is 2. The minimum Gasteiger partial charge on any atom is -0.766 e. The summed E-state index contributed by atoms with van der Waals surface area (Å²) in [5, 5.41) is 11.9. The highest BCUT2D eigenvalue weighted by atomic mass is 32.3. The zero-order valence-electron chi connectivity index (χ0n) is 8.09. The molecule has 0 amide bonds. The van der Waals surface area contributed by atoms with Crippen molar-refractivity contribution in [2.24, 2.45) is 0 Å². The van der Waals surface area contributed by atoms with Gasteiger partial charge in [-0.15, -0.1) is 0 Å². The summed E-state index contributed by atoms with van der Waals surface area (Å²) in [6.45, 7) is 1.80. The molecule has 0 fully saturated rings. The van der Waals surface area contributed by atoms with Gasteiger partial charge in [-0.3, -0.25) is 3.87 Å². The van der Waals surface area contributed by atoms with E-state index in [9.17, 15) is 31.5 Å². The summed E-state index contributed by atoms with van der Waals surface area (Å²) >= 11 is 0. The fourth-order valence-corrected chi connectivity index (χ4v) is 3.63. The van der Waals surface area contributed by atoms with E-state index >= 15 is 0 Å². The number of halogens is 6. The Labute approximate surface area is 92.9 Å². The summed E-state index contributed by atoms with van der Waals surface area (Å²) in [6, 6.07) is 0. The van der Waals surface area contributed by atoms with Gasteiger partial charge in [0.25, 0.3) is 0 Å². The fourth-order valence-electron chi connectivity index (χ4n) is 0.695. The van der Waals surface area contributed by atoms with E-state index in [1.165, 1.54) is 0 Å². The van der Waals surface area contributed by atoms with Gasteiger partial charge in [0.05, 0.1) is 0 Å². The van der Waals surface area contributed by atoms with Crippen molar-refractivity contribution >= 4 is 32.1 Å². The molecule has 0 aliphatic carbocycles. The van der Waals surface area contributed by atoms with Crippen LogP contribution in [0.3, 0.4) is 0 Å². The summed E-state index contributed by atoms with van der Waals surface area (Å²) in [7, 11) is -6.11. The molecule has 0 saturated heterocycles. The maximum Gasteiger partial charge on any atom is 0.449 e. The molecular formula is C6H8F6NOS2-. The first-order chi connectivity index (χ1) is 7.05. The molecule has 0 aromatic heterocycles. The first-order valence-corrected chi connectivity index (χ1v) is 6.21. The molecule has 10 heteroatoms. The van der Waals surface area contributed by atoms with E-state index in [2.05, 4.69) is 0 Å². The van der Waals surface area contributed by atoms with Crippen molar-refractivity contribution in [1.29, 1.82) is 0 Å². The number of nitrogens with zero attached hydrogens (tertiary/aromatic N) is 1. The van der Waals surface area contributed by atoms with Crippen molar-refractivity contribution in [2.45, 2.75) is 24.9 Å². The van der Waals surface area contributed by atoms with Gasteiger partial charge in [-0.25, -0.2) is 0 Å². The van der Waals surface area contributed by atoms with Crippen molar-refractivity contribution in [1.82, 2.24) is 3.87 Å². The van der Waals surface area contributed by atoms with E-state index in [-0.39, 0.29) is 0 Å². The molecule has 0 N–H and O–H groups in total. The summed E-state index contributed by atoms with van der Waals surface area (Å²) in [4.78, 5) is 0. The van der Waals surface area contributed by atoms with Gasteiger partial charge in [-0.05, 0) is 45.9 Å². The lowest BCUT2D eigenvalue weighted by Crippen LogP contribution is -2.21. The highest BCUT2D eigenvalue weighted by molar-refractivity contribution is 8.27. The van der Waals surface area contributed by atoms with Gasteiger partial charge in [-0.2, -0.15) is 26.3 Å². The van der Waals surface area contributed by atoms with Gasteiger partial charge in [0.2, 0.25) is 0 Å². The highest BCUT2D eigenvalue weighted by Crippen LogP contribution is 2.50. The first-order valence-electron chi connectivity index (χ1n) is 3.72. The fraction of sp³-hybridized carbons (Fsp3) is 0.667. The van der Waals surface area contributed by atoms with Crippen LogP contribution in [0.15, 0.2) is 0 Å². The predicted molar refractivity (Wildman–Crippen MR) is 56.0 cm³/mol. The van der Waals surface area contributed by atoms with E-state index in [0.717, 1.165) is 13.8 Å². The summed E-state index contributed by atoms with van der Waals surface area (Å²) in [6.07, 6.45) is 0. The number of alkyl halides is 6. The lowest BCUT2D eigenvalue weighted by atomic mass is 11.0. The Bertz CT molecular complexity index is 277. The molecule has 0 rings (SSSR count). The Balaban J connectivity index is 5.28. The van der Waals surface area contributed by atoms with E-state index in [1.807, 2.05) is 0 Å². The SMILES string of the molecule is C/C=S(\N([O-])/S(=C/C)C(F)(F)F)C(F)(F)F. The molecule has 0 aliphatic rings. The Morgan fingerprint density at radius 3 is 1.25 bits per heavy atom. The maximum absolute atomic E-state index is 12.2. The standard InChI is InChI=1S/C6H8F6NOS2/c1-3-15(5(7,8)9)13(14)16(4-2)6(10,11)12/h3-4H,1-2H3/q-1. The minimum atomic E-state index is -4.99. The lowest BCUT2D eigenvalue weighted by molar-refractivity contribution is -0.0382. The second-order valence-electron chi connectivity index (χ2n) is 2.22. The molecule has 16 heavy (non-hydrogen) atoms. The Hall–Kier alpha value is -0.0600. The molecule has 0 heterocycles. The van der Waals surface area contributed by atoms with Crippen molar-refractivity contribution in [3.05, 3.63) is 5.21 Å². The molecule has 98 valence electrons. The smallest absolute Gasteiger partial charge is 0.449 e. The van der Waals surface area contributed by atoms with Gasteiger partial charge in [0.15, 0.2) is 0 Å². The van der Waals surface area contributed by atoms with Gasteiger partial charge in [-0.1, -0.05) is 0 Å². The zero-order chi connectivity index (χ0) is 13.1. The summed E-state index contributed by atoms with van der Waals surface area (Å²) in [5.74, 6) is 0. The molecule has 0 bridgehead atoms. The van der Waals surface area contributed by atoms with Gasteiger partial charge < -0.3 is 5.21 Å². The molecule has 0 aromatic rings. The summed E-state index contributed by atoms with van der Waals surface area (Å²) in [5.41, 5.74) is -9.98. The predicted octanol–water partition coefficient (Wildman–Crippen LogP) is 3.84. The molecule has 0 aliphatic heterocycles. The third kappa shape index (κ3) is 4.07. The highest BCUT2D eigenvalue weighted by Gasteiger charge is 2.40. The number of hydrogen-bond donors (Lipinski definition) is 0. The van der Waals surface area contributed by atoms with Crippen LogP contribution in [0.2, 0.25) is 0 Å². The molecule has 2 atom stereocenters. The third-order valence-electron chi connectivity index (χ3n) is 1.24. The van der Waals surface area contributed by atoms with E-state index in [1.54, 1.807) is 0 Å². The largest absolute Gasteiger partial charge is 0.766 e. The summed E-state index contributed by atoms with van der Waals surface area (Å²) < 4.78 is 72.4. The van der Waals surface area contributed by atoms with E-state index in [4.69, 9.17) is 0 Å². The zero-order valence-corrected chi connectivity index (χ0v) is 9.73. The first kappa shape index (κ1) is 15.9. The Kier molecular flexibility index (Phi) is 5.50. The lowest BCUT2D eigenvalue weighted by Gasteiger charge is -2.35. The topological polar surface area (TPSA) is 26.3 Å². The Morgan fingerprint density at radius 1 is 0.875 bits per heavy atom. The molecular weight excluding hydrogens is 280 g/mol. The number of rotatable bonds is 2. The second-order valence-corrected chi connectivity index (χ2v) is 6.24. The van der Waals surface area contributed by atoms with Gasteiger partial charge in [0, 0.05) is 0 Å². The normalized spacial score (nSPS) is 18.1. The van der Waals surface area contributed by atoms with E-state index < -0.39 is 36.2 Å². The monoisotopic (exact) mass is 288 g/mol. The van der Waals surface area contributed by atoms with Gasteiger partial charge in [0.1, 0.15) is 0 Å². The van der Waals surface area contributed by atoms with Crippen LogP contribution in [0.4, 0.5) is 26.3 Å². The van der Waals surface area contributed by atoms with Crippen LogP contribution in [0.1, 0.15) is 13.8 Å². The van der Waals surface area contributed by atoms with Crippen LogP contribution in [0, 0.1) is 5.21 Å².